The van der Waals surface area contributed by atoms with Crippen LogP contribution in [0.4, 0.5) is 5.82 Å². The van der Waals surface area contributed by atoms with Crippen LogP contribution in [-0.2, 0) is 16.6 Å². The van der Waals surface area contributed by atoms with Crippen LogP contribution in [0.15, 0.2) is 47.1 Å². The zero-order valence-corrected chi connectivity index (χ0v) is 26.9. The largest absolute Gasteiger partial charge is 0.391 e. The van der Waals surface area contributed by atoms with Gasteiger partial charge in [0.2, 0.25) is 11.8 Å². The summed E-state index contributed by atoms with van der Waals surface area (Å²) in [5, 5.41) is 25.7. The van der Waals surface area contributed by atoms with Crippen LogP contribution >= 0.6 is 0 Å². The van der Waals surface area contributed by atoms with Crippen LogP contribution in [0, 0.1) is 17.8 Å². The predicted octanol–water partition coefficient (Wildman–Crippen LogP) is 3.48. The molecule has 3 aliphatic heterocycles. The van der Waals surface area contributed by atoms with Crippen LogP contribution in [-0.4, -0.2) is 81.6 Å². The molecule has 4 atom stereocenters. The number of benzene rings is 1. The van der Waals surface area contributed by atoms with Crippen molar-refractivity contribution < 1.29 is 19.2 Å². The maximum Gasteiger partial charge on any atom is 0.243 e. The lowest BCUT2D eigenvalue weighted by atomic mass is 9.84. The summed E-state index contributed by atoms with van der Waals surface area (Å²) in [6, 6.07) is 10.8. The number of aryl methyl sites for hydroxylation is 1. The maximum atomic E-state index is 14.0. The number of likely N-dealkylation sites (tertiary alicyclic amines) is 1. The van der Waals surface area contributed by atoms with Crippen molar-refractivity contribution in [2.24, 2.45) is 24.8 Å². The summed E-state index contributed by atoms with van der Waals surface area (Å²) >= 11 is 0. The maximum absolute atomic E-state index is 14.0. The average molecular weight is 618 g/mol. The van der Waals surface area contributed by atoms with Crippen molar-refractivity contribution in [2.45, 2.75) is 70.6 Å². The number of hydrogen-bond donors (Lipinski definition) is 3. The number of carbonyl (C=O) groups excluding carboxylic acids is 2. The Hall–Kier alpha value is -3.70. The summed E-state index contributed by atoms with van der Waals surface area (Å²) in [6.07, 6.45) is 4.96. The van der Waals surface area contributed by atoms with Gasteiger partial charge >= 0.3 is 0 Å². The van der Waals surface area contributed by atoms with Gasteiger partial charge in [-0.1, -0.05) is 43.3 Å². The lowest BCUT2D eigenvalue weighted by Gasteiger charge is -2.41. The van der Waals surface area contributed by atoms with Crippen molar-refractivity contribution in [2.75, 3.05) is 37.6 Å². The fraction of sp³-hybridized carbons (Fsp3) is 0.588. The van der Waals surface area contributed by atoms with Gasteiger partial charge in [0.25, 0.3) is 0 Å². The lowest BCUT2D eigenvalue weighted by Crippen LogP contribution is -2.48. The molecular weight excluding hydrogens is 570 g/mol. The van der Waals surface area contributed by atoms with E-state index in [1.54, 1.807) is 6.20 Å². The van der Waals surface area contributed by atoms with Gasteiger partial charge in [0.1, 0.15) is 12.0 Å². The van der Waals surface area contributed by atoms with E-state index in [-0.39, 0.29) is 36.7 Å². The molecule has 0 aliphatic carbocycles. The molecule has 1 aromatic carbocycles. The Labute approximate surface area is 265 Å². The number of nitrogens with one attached hydrogen (secondary N) is 2. The van der Waals surface area contributed by atoms with E-state index in [4.69, 9.17) is 4.52 Å². The van der Waals surface area contributed by atoms with Crippen molar-refractivity contribution in [3.63, 3.8) is 0 Å². The van der Waals surface area contributed by atoms with Crippen LogP contribution in [0.1, 0.15) is 69.7 Å². The smallest absolute Gasteiger partial charge is 0.243 e. The summed E-state index contributed by atoms with van der Waals surface area (Å²) in [6.45, 7) is 10.1. The molecule has 11 nitrogen and oxygen atoms in total. The molecule has 0 radical (unpaired) electrons. The summed E-state index contributed by atoms with van der Waals surface area (Å²) < 4.78 is 7.60. The number of aromatic nitrogens is 3. The van der Waals surface area contributed by atoms with Crippen LogP contribution in [0.25, 0.3) is 11.3 Å². The summed E-state index contributed by atoms with van der Waals surface area (Å²) in [4.78, 5) is 31.3. The van der Waals surface area contributed by atoms with E-state index in [0.717, 1.165) is 54.7 Å². The van der Waals surface area contributed by atoms with Gasteiger partial charge in [0.15, 0.2) is 11.6 Å². The van der Waals surface area contributed by atoms with Crippen LogP contribution < -0.4 is 15.5 Å². The zero-order chi connectivity index (χ0) is 31.7. The molecule has 2 amide bonds. The first kappa shape index (κ1) is 31.3. The molecule has 0 unspecified atom stereocenters. The lowest BCUT2D eigenvalue weighted by molar-refractivity contribution is -0.141. The van der Waals surface area contributed by atoms with Crippen LogP contribution in [0.5, 0.6) is 0 Å². The Morgan fingerprint density at radius 3 is 2.47 bits per heavy atom. The molecule has 2 aromatic heterocycles. The van der Waals surface area contributed by atoms with Gasteiger partial charge in [-0.25, -0.2) is 0 Å². The fourth-order valence-corrected chi connectivity index (χ4v) is 7.28. The van der Waals surface area contributed by atoms with E-state index in [1.165, 1.54) is 24.2 Å². The highest BCUT2D eigenvalue weighted by atomic mass is 16.5. The summed E-state index contributed by atoms with van der Waals surface area (Å²) in [5.41, 5.74) is 2.99. The quantitative estimate of drug-likeness (QED) is 0.316. The molecule has 3 aromatic rings. The summed E-state index contributed by atoms with van der Waals surface area (Å²) in [7, 11) is 1.90. The number of piperidine rings is 1. The Kier molecular flexibility index (Phi) is 9.28. The van der Waals surface area contributed by atoms with E-state index >= 15 is 0 Å². The Bertz CT molecular complexity index is 1460. The van der Waals surface area contributed by atoms with Gasteiger partial charge in [0.05, 0.1) is 17.8 Å². The average Bonchev–Trinajstić information content (AvgIpc) is 3.75. The van der Waals surface area contributed by atoms with Crippen molar-refractivity contribution in [1.82, 2.24) is 30.5 Å². The third kappa shape index (κ3) is 6.79. The number of amides is 2. The van der Waals surface area contributed by atoms with Gasteiger partial charge in [0, 0.05) is 45.4 Å². The third-order valence-electron chi connectivity index (χ3n) is 9.91. The fourth-order valence-electron chi connectivity index (χ4n) is 7.28. The number of anilines is 1. The first-order chi connectivity index (χ1) is 21.7. The molecule has 3 N–H and O–H groups in total. The third-order valence-corrected chi connectivity index (χ3v) is 9.91. The monoisotopic (exact) mass is 617 g/mol. The normalized spacial score (nSPS) is 22.4. The first-order valence-corrected chi connectivity index (χ1v) is 16.5. The predicted molar refractivity (Wildman–Crippen MR) is 171 cm³/mol. The molecule has 0 spiro atoms. The molecule has 0 saturated carbocycles. The van der Waals surface area contributed by atoms with Crippen LogP contribution in [0.2, 0.25) is 0 Å². The van der Waals surface area contributed by atoms with Crippen molar-refractivity contribution in [3.8, 4) is 11.3 Å². The zero-order valence-electron chi connectivity index (χ0n) is 26.9. The van der Waals surface area contributed by atoms with E-state index in [9.17, 15) is 14.7 Å². The molecule has 5 heterocycles. The topological polar surface area (TPSA) is 129 Å². The summed E-state index contributed by atoms with van der Waals surface area (Å²) in [5.74, 6) is 1.57. The number of β-amino-alcohol motifs (C(OH)–C–C–N with tert-alkyl or cyclic N) is 1. The minimum atomic E-state index is -0.769. The van der Waals surface area contributed by atoms with E-state index < -0.39 is 18.1 Å². The Morgan fingerprint density at radius 2 is 1.80 bits per heavy atom. The van der Waals surface area contributed by atoms with Gasteiger partial charge in [-0.05, 0) is 74.2 Å². The number of nitrogens with zero attached hydrogens (tertiary/aromatic N) is 5. The van der Waals surface area contributed by atoms with E-state index in [2.05, 4.69) is 25.8 Å². The molecule has 242 valence electrons. The van der Waals surface area contributed by atoms with Crippen molar-refractivity contribution in [1.29, 1.82) is 0 Å². The Morgan fingerprint density at radius 1 is 1.07 bits per heavy atom. The molecule has 11 heteroatoms. The number of hydrogen-bond acceptors (Lipinski definition) is 8. The standard InChI is InChI=1S/C34H47N7O4/c1-21(2)32(30-17-31(38-45-30)40-18-24(19-40)15-23-9-12-35-13-10-23)34(44)41-20-27(42)16-29(41)33(43)37-22(3)25-5-7-26(8-6-25)28-11-14-36-39(28)4/h5-8,11,14,17,21-24,27,29,32,35,42H,9-10,12-13,15-16,18-20H2,1-4H3,(H,37,43)/t22-,27+,29-,32-/m0/s1. The molecule has 0 bridgehead atoms. The highest BCUT2D eigenvalue weighted by molar-refractivity contribution is 5.91. The van der Waals surface area contributed by atoms with Crippen LogP contribution in [0.3, 0.4) is 0 Å². The minimum Gasteiger partial charge on any atom is -0.391 e. The Balaban J connectivity index is 1.08. The minimum absolute atomic E-state index is 0.0827. The number of rotatable bonds is 10. The van der Waals surface area contributed by atoms with E-state index in [0.29, 0.717) is 11.7 Å². The second kappa shape index (κ2) is 13.3. The molecule has 3 fully saturated rings. The number of carbonyl (C=O) groups is 2. The second-order valence-electron chi connectivity index (χ2n) is 13.6. The molecule has 3 saturated heterocycles. The highest BCUT2D eigenvalue weighted by Gasteiger charge is 2.44. The molecule has 45 heavy (non-hydrogen) atoms. The van der Waals surface area contributed by atoms with Gasteiger partial charge in [-0.3, -0.25) is 14.3 Å². The SMILES string of the molecule is CC(C)[C@H](C(=O)N1C[C@H](O)C[C@H]1C(=O)N[C@@H](C)c1ccc(-c2ccnn2C)cc1)c1cc(N2CC(CC3CCNCC3)C2)no1. The molecule has 6 rings (SSSR count). The van der Waals surface area contributed by atoms with Crippen molar-refractivity contribution >= 4 is 17.6 Å². The van der Waals surface area contributed by atoms with Crippen molar-refractivity contribution in [3.05, 3.63) is 53.9 Å². The molecule has 3 aliphatic rings. The van der Waals surface area contributed by atoms with Gasteiger partial charge in [-0.2, -0.15) is 5.10 Å². The first-order valence-electron chi connectivity index (χ1n) is 16.5. The number of aliphatic hydroxyl groups is 1. The number of aliphatic hydroxyl groups excluding tert-OH is 1. The van der Waals surface area contributed by atoms with Gasteiger partial charge in [-0.15, -0.1) is 0 Å². The molecular formula is C34H47N7O4. The second-order valence-corrected chi connectivity index (χ2v) is 13.6. The van der Waals surface area contributed by atoms with Gasteiger partial charge < -0.3 is 30.1 Å². The van der Waals surface area contributed by atoms with E-state index in [1.807, 2.05) is 68.9 Å². The highest BCUT2D eigenvalue weighted by Crippen LogP contribution is 2.36.